The van der Waals surface area contributed by atoms with E-state index < -0.39 is 12.1 Å². The normalized spacial score (nSPS) is 14.1. The first-order valence-corrected chi connectivity index (χ1v) is 7.92. The van der Waals surface area contributed by atoms with E-state index in [2.05, 4.69) is 15.1 Å². The number of furan rings is 1. The van der Waals surface area contributed by atoms with Crippen molar-refractivity contribution in [3.63, 3.8) is 0 Å². The molecule has 0 radical (unpaired) electrons. The quantitative estimate of drug-likeness (QED) is 0.833. The number of carbonyl (C=O) groups excluding carboxylic acids is 1. The molecule has 0 fully saturated rings. The number of carboxylic acid groups (broad SMARTS) is 1. The lowest BCUT2D eigenvalue weighted by molar-refractivity contribution is -0.192. The van der Waals surface area contributed by atoms with Crippen LogP contribution in [0.3, 0.4) is 0 Å². The zero-order chi connectivity index (χ0) is 20.2. The Kier molecular flexibility index (Phi) is 6.26. The van der Waals surface area contributed by atoms with E-state index in [1.165, 1.54) is 0 Å². The summed E-state index contributed by atoms with van der Waals surface area (Å²) in [6.07, 6.45) is -2.52. The molecule has 2 aromatic heterocycles. The Balaban J connectivity index is 0.000000321. The predicted octanol–water partition coefficient (Wildman–Crippen LogP) is 1.90. The zero-order valence-electron chi connectivity index (χ0n) is 14.7. The van der Waals surface area contributed by atoms with E-state index in [1.807, 2.05) is 12.1 Å². The molecule has 148 valence electrons. The first-order valence-electron chi connectivity index (χ1n) is 7.92. The number of amides is 1. The van der Waals surface area contributed by atoms with Crippen LogP contribution in [0.15, 0.2) is 22.8 Å². The Labute approximate surface area is 152 Å². The molecular weight excluding hydrogens is 369 g/mol. The van der Waals surface area contributed by atoms with Crippen molar-refractivity contribution in [1.29, 1.82) is 0 Å². The highest BCUT2D eigenvalue weighted by Crippen LogP contribution is 2.22. The third-order valence-corrected chi connectivity index (χ3v) is 3.82. The molecule has 2 aromatic rings. The first kappa shape index (κ1) is 20.5. The summed E-state index contributed by atoms with van der Waals surface area (Å²) >= 11 is 0. The molecule has 3 rings (SSSR count). The van der Waals surface area contributed by atoms with Crippen molar-refractivity contribution in [1.82, 2.24) is 20.0 Å². The van der Waals surface area contributed by atoms with Crippen LogP contribution in [0.25, 0.3) is 0 Å². The number of aliphatic carboxylic acids is 1. The minimum atomic E-state index is -5.08. The van der Waals surface area contributed by atoms with Gasteiger partial charge in [-0.3, -0.25) is 14.8 Å². The van der Waals surface area contributed by atoms with Crippen molar-refractivity contribution in [3.05, 3.63) is 41.1 Å². The molecule has 0 saturated heterocycles. The fourth-order valence-electron chi connectivity index (χ4n) is 2.50. The Hall–Kier alpha value is -2.82. The number of hydrogen-bond donors (Lipinski definition) is 2. The number of fused-ring (bicyclic) bond motifs is 1. The van der Waals surface area contributed by atoms with Crippen LogP contribution < -0.4 is 0 Å². The number of carboxylic acids is 1. The summed E-state index contributed by atoms with van der Waals surface area (Å²) in [6.45, 7) is 2.42. The highest BCUT2D eigenvalue weighted by molar-refractivity contribution is 5.93. The largest absolute Gasteiger partial charge is 0.490 e. The molecule has 1 aliphatic heterocycles. The minimum Gasteiger partial charge on any atom is -0.475 e. The molecule has 0 aromatic carbocycles. The number of carbonyl (C=O) groups is 2. The molecule has 8 nitrogen and oxygen atoms in total. The van der Waals surface area contributed by atoms with Crippen molar-refractivity contribution in [2.24, 2.45) is 0 Å². The van der Waals surface area contributed by atoms with Crippen LogP contribution in [0.2, 0.25) is 0 Å². The van der Waals surface area contributed by atoms with Gasteiger partial charge in [-0.25, -0.2) is 4.79 Å². The molecule has 0 aliphatic carbocycles. The average molecular weight is 388 g/mol. The van der Waals surface area contributed by atoms with Crippen LogP contribution in [0.5, 0.6) is 0 Å². The molecule has 0 saturated carbocycles. The number of halogens is 3. The van der Waals surface area contributed by atoms with Gasteiger partial charge >= 0.3 is 12.1 Å². The maximum Gasteiger partial charge on any atom is 0.490 e. The standard InChI is InChI=1S/C14H18N4O2.C2HF3O2/c1-17(2)14(19)13-11-9-18(6-5-12(11)15-16-13)8-10-4-3-7-20-10;3-2(4,5)1(6)7/h3-4,7H,5-6,8-9H2,1-2H3,(H,15,16);(H,6,7). The van der Waals surface area contributed by atoms with E-state index >= 15 is 0 Å². The average Bonchev–Trinajstić information content (AvgIpc) is 3.23. The second-order valence-electron chi connectivity index (χ2n) is 6.07. The van der Waals surface area contributed by atoms with Gasteiger partial charge in [-0.1, -0.05) is 0 Å². The van der Waals surface area contributed by atoms with Gasteiger partial charge in [-0.15, -0.1) is 0 Å². The van der Waals surface area contributed by atoms with Gasteiger partial charge in [0.2, 0.25) is 0 Å². The number of aromatic amines is 1. The molecule has 11 heteroatoms. The second kappa shape index (κ2) is 8.25. The smallest absolute Gasteiger partial charge is 0.475 e. The molecule has 0 atom stereocenters. The second-order valence-corrected chi connectivity index (χ2v) is 6.07. The first-order chi connectivity index (χ1) is 12.6. The minimum absolute atomic E-state index is 0.0534. The van der Waals surface area contributed by atoms with Gasteiger partial charge in [0.15, 0.2) is 5.69 Å². The van der Waals surface area contributed by atoms with Gasteiger partial charge in [0, 0.05) is 44.9 Å². The van der Waals surface area contributed by atoms with E-state index in [4.69, 9.17) is 14.3 Å². The number of rotatable bonds is 3. The predicted molar refractivity (Wildman–Crippen MR) is 86.8 cm³/mol. The van der Waals surface area contributed by atoms with Crippen molar-refractivity contribution < 1.29 is 32.3 Å². The maximum atomic E-state index is 12.1. The number of alkyl halides is 3. The van der Waals surface area contributed by atoms with E-state index in [0.717, 1.165) is 43.1 Å². The fourth-order valence-corrected chi connectivity index (χ4v) is 2.50. The third kappa shape index (κ3) is 5.33. The van der Waals surface area contributed by atoms with Crippen molar-refractivity contribution >= 4 is 11.9 Å². The summed E-state index contributed by atoms with van der Waals surface area (Å²) < 4.78 is 37.1. The SMILES string of the molecule is CN(C)C(=O)c1n[nH]c2c1CN(Cc1ccco1)CC2.O=C(O)C(F)(F)F. The van der Waals surface area contributed by atoms with Crippen LogP contribution in [0.4, 0.5) is 13.2 Å². The number of H-pyrrole nitrogens is 1. The highest BCUT2D eigenvalue weighted by atomic mass is 19.4. The summed E-state index contributed by atoms with van der Waals surface area (Å²) in [5.41, 5.74) is 2.63. The molecule has 1 amide bonds. The van der Waals surface area contributed by atoms with Gasteiger partial charge < -0.3 is 14.4 Å². The molecule has 0 spiro atoms. The van der Waals surface area contributed by atoms with Crippen molar-refractivity contribution in [2.75, 3.05) is 20.6 Å². The molecular formula is C16H19F3N4O4. The Morgan fingerprint density at radius 3 is 2.59 bits per heavy atom. The van der Waals surface area contributed by atoms with Gasteiger partial charge in [0.25, 0.3) is 5.91 Å². The van der Waals surface area contributed by atoms with Gasteiger partial charge in [-0.05, 0) is 12.1 Å². The molecule has 0 unspecified atom stereocenters. The number of aromatic nitrogens is 2. The van der Waals surface area contributed by atoms with E-state index in [0.29, 0.717) is 5.69 Å². The van der Waals surface area contributed by atoms with E-state index in [1.54, 1.807) is 25.3 Å². The van der Waals surface area contributed by atoms with E-state index in [-0.39, 0.29) is 5.91 Å². The summed E-state index contributed by atoms with van der Waals surface area (Å²) in [7, 11) is 3.49. The van der Waals surface area contributed by atoms with Crippen LogP contribution in [-0.4, -0.2) is 63.8 Å². The fraction of sp³-hybridized carbons (Fsp3) is 0.438. The van der Waals surface area contributed by atoms with Crippen LogP contribution in [0, 0.1) is 0 Å². The number of hydrogen-bond acceptors (Lipinski definition) is 5. The van der Waals surface area contributed by atoms with Crippen LogP contribution in [-0.2, 0) is 24.3 Å². The van der Waals surface area contributed by atoms with Crippen LogP contribution in [0.1, 0.15) is 27.5 Å². The molecule has 0 bridgehead atoms. The lowest BCUT2D eigenvalue weighted by atomic mass is 10.0. The molecule has 27 heavy (non-hydrogen) atoms. The summed E-state index contributed by atoms with van der Waals surface area (Å²) in [4.78, 5) is 24.8. The van der Waals surface area contributed by atoms with E-state index in [9.17, 15) is 18.0 Å². The Morgan fingerprint density at radius 1 is 1.41 bits per heavy atom. The van der Waals surface area contributed by atoms with Crippen molar-refractivity contribution in [2.45, 2.75) is 25.7 Å². The van der Waals surface area contributed by atoms with Gasteiger partial charge in [0.05, 0.1) is 12.8 Å². The summed E-state index contributed by atoms with van der Waals surface area (Å²) in [5.74, 6) is -1.87. The zero-order valence-corrected chi connectivity index (χ0v) is 14.7. The maximum absolute atomic E-state index is 12.1. The van der Waals surface area contributed by atoms with Gasteiger partial charge in [-0.2, -0.15) is 18.3 Å². The topological polar surface area (TPSA) is 103 Å². The highest BCUT2D eigenvalue weighted by Gasteiger charge is 2.38. The molecule has 2 N–H and O–H groups in total. The number of nitrogens with zero attached hydrogens (tertiary/aromatic N) is 3. The lowest BCUT2D eigenvalue weighted by Gasteiger charge is -2.26. The summed E-state index contributed by atoms with van der Waals surface area (Å²) in [6, 6.07) is 3.86. The summed E-state index contributed by atoms with van der Waals surface area (Å²) in [5, 5.41) is 14.3. The van der Waals surface area contributed by atoms with Gasteiger partial charge in [0.1, 0.15) is 5.76 Å². The van der Waals surface area contributed by atoms with Crippen molar-refractivity contribution in [3.8, 4) is 0 Å². The Bertz CT molecular complexity index is 784. The molecule has 1 aliphatic rings. The third-order valence-electron chi connectivity index (χ3n) is 3.82. The van der Waals surface area contributed by atoms with Crippen LogP contribution >= 0.6 is 0 Å². The number of nitrogens with one attached hydrogen (secondary N) is 1. The Morgan fingerprint density at radius 2 is 2.07 bits per heavy atom. The monoisotopic (exact) mass is 388 g/mol. The molecule has 3 heterocycles. The lowest BCUT2D eigenvalue weighted by Crippen LogP contribution is -2.31.